The summed E-state index contributed by atoms with van der Waals surface area (Å²) in [5.41, 5.74) is 6.02. The topological polar surface area (TPSA) is 88.6 Å². The molecule has 7 nitrogen and oxygen atoms in total. The number of amides is 1. The molecule has 1 aliphatic heterocycles. The number of aromatic nitrogens is 2. The lowest BCUT2D eigenvalue weighted by atomic mass is 10.1. The molecule has 0 radical (unpaired) electrons. The highest BCUT2D eigenvalue weighted by atomic mass is 16.6. The summed E-state index contributed by atoms with van der Waals surface area (Å²) in [6, 6.07) is 16.9. The first-order chi connectivity index (χ1) is 13.2. The van der Waals surface area contributed by atoms with E-state index in [4.69, 9.17) is 9.47 Å². The van der Waals surface area contributed by atoms with Gasteiger partial charge in [0.1, 0.15) is 18.9 Å². The number of aromatic amines is 1. The Labute approximate surface area is 156 Å². The van der Waals surface area contributed by atoms with Crippen molar-refractivity contribution >= 4 is 11.6 Å². The summed E-state index contributed by atoms with van der Waals surface area (Å²) < 4.78 is 11.1. The number of nitrogens with zero attached hydrogens (tertiary/aromatic N) is 2. The van der Waals surface area contributed by atoms with Gasteiger partial charge in [-0.15, -0.1) is 0 Å². The van der Waals surface area contributed by atoms with Crippen molar-refractivity contribution in [3.05, 3.63) is 65.9 Å². The van der Waals surface area contributed by atoms with Crippen LogP contribution < -0.4 is 14.9 Å². The van der Waals surface area contributed by atoms with Gasteiger partial charge in [0.15, 0.2) is 11.5 Å². The Balaban J connectivity index is 1.46. The number of hydrogen-bond acceptors (Lipinski definition) is 5. The lowest BCUT2D eigenvalue weighted by Crippen LogP contribution is -2.20. The third-order valence-corrected chi connectivity index (χ3v) is 4.18. The van der Waals surface area contributed by atoms with Gasteiger partial charge < -0.3 is 9.47 Å². The van der Waals surface area contributed by atoms with Crippen molar-refractivity contribution in [3.63, 3.8) is 0 Å². The molecule has 4 rings (SSSR count). The minimum Gasteiger partial charge on any atom is -0.486 e. The van der Waals surface area contributed by atoms with Crippen molar-refractivity contribution in [2.45, 2.75) is 6.92 Å². The first-order valence-electron chi connectivity index (χ1n) is 8.56. The van der Waals surface area contributed by atoms with Crippen LogP contribution in [0, 0.1) is 0 Å². The molecule has 1 aliphatic rings. The minimum absolute atomic E-state index is 0.340. The van der Waals surface area contributed by atoms with Crippen molar-refractivity contribution in [1.29, 1.82) is 0 Å². The lowest BCUT2D eigenvalue weighted by Gasteiger charge is -2.18. The van der Waals surface area contributed by atoms with E-state index in [1.54, 1.807) is 6.07 Å². The van der Waals surface area contributed by atoms with Crippen molar-refractivity contribution < 1.29 is 14.3 Å². The van der Waals surface area contributed by atoms with E-state index in [1.165, 1.54) is 0 Å². The fourth-order valence-corrected chi connectivity index (χ4v) is 2.72. The number of fused-ring (bicyclic) bond motifs is 1. The summed E-state index contributed by atoms with van der Waals surface area (Å²) in [5.74, 6) is 1.04. The van der Waals surface area contributed by atoms with Crippen LogP contribution in [-0.4, -0.2) is 35.0 Å². The van der Waals surface area contributed by atoms with Crippen LogP contribution >= 0.6 is 0 Å². The second kappa shape index (κ2) is 7.33. The molecule has 27 heavy (non-hydrogen) atoms. The highest BCUT2D eigenvalue weighted by molar-refractivity contribution is 6.01. The molecule has 0 atom stereocenters. The Hall–Kier alpha value is -3.61. The third-order valence-electron chi connectivity index (χ3n) is 4.18. The molecule has 3 aromatic rings. The molecular weight excluding hydrogens is 344 g/mol. The smallest absolute Gasteiger partial charge is 0.289 e. The fourth-order valence-electron chi connectivity index (χ4n) is 2.72. The first kappa shape index (κ1) is 16.8. The summed E-state index contributed by atoms with van der Waals surface area (Å²) >= 11 is 0. The molecule has 0 saturated heterocycles. The number of H-pyrrole nitrogens is 1. The van der Waals surface area contributed by atoms with Crippen LogP contribution in [0.15, 0.2) is 59.7 Å². The number of nitrogens with one attached hydrogen (secondary N) is 2. The quantitative estimate of drug-likeness (QED) is 0.552. The summed E-state index contributed by atoms with van der Waals surface area (Å²) in [6.07, 6.45) is 0. The van der Waals surface area contributed by atoms with Crippen LogP contribution in [0.25, 0.3) is 11.3 Å². The average molecular weight is 362 g/mol. The Morgan fingerprint density at radius 1 is 1.07 bits per heavy atom. The standard InChI is InChI=1S/C20H18N4O3/c1-13(15-7-8-18-19(11-15)27-10-9-26-18)21-24-20(25)17-12-16(22-23-17)14-5-3-2-4-6-14/h2-8,11-12H,9-10H2,1H3,(H,22,23)(H,24,25)/b21-13+. The summed E-state index contributed by atoms with van der Waals surface area (Å²) in [4.78, 5) is 12.3. The number of ether oxygens (including phenoxy) is 2. The van der Waals surface area contributed by atoms with E-state index in [0.29, 0.717) is 41.8 Å². The molecular formula is C20H18N4O3. The van der Waals surface area contributed by atoms with Crippen LogP contribution in [-0.2, 0) is 0 Å². The minimum atomic E-state index is -0.360. The number of hydrogen-bond donors (Lipinski definition) is 2. The van der Waals surface area contributed by atoms with Crippen LogP contribution in [0.4, 0.5) is 0 Å². The van der Waals surface area contributed by atoms with Crippen molar-refractivity contribution in [2.24, 2.45) is 5.10 Å². The molecule has 2 heterocycles. The van der Waals surface area contributed by atoms with Gasteiger partial charge in [-0.1, -0.05) is 30.3 Å². The molecule has 0 spiro atoms. The zero-order valence-electron chi connectivity index (χ0n) is 14.7. The normalized spacial score (nSPS) is 13.3. The maximum Gasteiger partial charge on any atom is 0.289 e. The van der Waals surface area contributed by atoms with E-state index in [1.807, 2.05) is 55.5 Å². The van der Waals surface area contributed by atoms with E-state index in [2.05, 4.69) is 20.7 Å². The summed E-state index contributed by atoms with van der Waals surface area (Å²) in [7, 11) is 0. The van der Waals surface area contributed by atoms with Crippen LogP contribution in [0.3, 0.4) is 0 Å². The van der Waals surface area contributed by atoms with E-state index >= 15 is 0 Å². The van der Waals surface area contributed by atoms with E-state index in [-0.39, 0.29) is 5.91 Å². The predicted molar refractivity (Wildman–Crippen MR) is 101 cm³/mol. The average Bonchev–Trinajstić information content (AvgIpc) is 3.22. The number of rotatable bonds is 4. The van der Waals surface area contributed by atoms with Gasteiger partial charge in [-0.3, -0.25) is 9.89 Å². The molecule has 0 unspecified atom stereocenters. The van der Waals surface area contributed by atoms with Crippen LogP contribution in [0.2, 0.25) is 0 Å². The Kier molecular flexibility index (Phi) is 4.57. The maximum atomic E-state index is 12.3. The number of hydrazone groups is 1. The molecule has 0 saturated carbocycles. The first-order valence-corrected chi connectivity index (χ1v) is 8.56. The van der Waals surface area contributed by atoms with Gasteiger partial charge in [0.05, 0.1) is 11.4 Å². The fraction of sp³-hybridized carbons (Fsp3) is 0.150. The van der Waals surface area contributed by atoms with Crippen molar-refractivity contribution in [1.82, 2.24) is 15.6 Å². The molecule has 2 N–H and O–H groups in total. The molecule has 136 valence electrons. The van der Waals surface area contributed by atoms with Gasteiger partial charge >= 0.3 is 0 Å². The molecule has 0 aliphatic carbocycles. The van der Waals surface area contributed by atoms with Gasteiger partial charge in [0.2, 0.25) is 0 Å². The second-order valence-electron chi connectivity index (χ2n) is 6.03. The van der Waals surface area contributed by atoms with E-state index in [9.17, 15) is 4.79 Å². The third kappa shape index (κ3) is 3.67. The molecule has 7 heteroatoms. The van der Waals surface area contributed by atoms with Crippen LogP contribution in [0.5, 0.6) is 11.5 Å². The highest BCUT2D eigenvalue weighted by Crippen LogP contribution is 2.30. The largest absolute Gasteiger partial charge is 0.486 e. The molecule has 0 bridgehead atoms. The summed E-state index contributed by atoms with van der Waals surface area (Å²) in [5, 5.41) is 11.1. The van der Waals surface area contributed by atoms with Gasteiger partial charge in [0, 0.05) is 11.1 Å². The van der Waals surface area contributed by atoms with Gasteiger partial charge in [0.25, 0.3) is 5.91 Å². The van der Waals surface area contributed by atoms with Gasteiger partial charge in [-0.25, -0.2) is 5.43 Å². The van der Waals surface area contributed by atoms with Gasteiger partial charge in [-0.2, -0.15) is 10.2 Å². The predicted octanol–water partition coefficient (Wildman–Crippen LogP) is 3.00. The SMILES string of the molecule is C/C(=N\NC(=O)c1cc(-c2ccccc2)n[nH]1)c1ccc2c(c1)OCCO2. The van der Waals surface area contributed by atoms with E-state index < -0.39 is 0 Å². The molecule has 1 amide bonds. The maximum absolute atomic E-state index is 12.3. The van der Waals surface area contributed by atoms with Crippen molar-refractivity contribution in [3.8, 4) is 22.8 Å². The second-order valence-corrected chi connectivity index (χ2v) is 6.03. The molecule has 1 aromatic heterocycles. The van der Waals surface area contributed by atoms with Gasteiger partial charge in [-0.05, 0) is 31.2 Å². The van der Waals surface area contributed by atoms with Crippen LogP contribution in [0.1, 0.15) is 23.0 Å². The zero-order valence-corrected chi connectivity index (χ0v) is 14.7. The zero-order chi connectivity index (χ0) is 18.6. The molecule has 2 aromatic carbocycles. The molecule has 0 fully saturated rings. The van der Waals surface area contributed by atoms with Crippen molar-refractivity contribution in [2.75, 3.05) is 13.2 Å². The number of carbonyl (C=O) groups excluding carboxylic acids is 1. The number of carbonyl (C=O) groups is 1. The number of benzene rings is 2. The monoisotopic (exact) mass is 362 g/mol. The Morgan fingerprint density at radius 3 is 2.67 bits per heavy atom. The Bertz CT molecular complexity index is 995. The summed E-state index contributed by atoms with van der Waals surface area (Å²) in [6.45, 7) is 2.88. The highest BCUT2D eigenvalue weighted by Gasteiger charge is 2.14. The van der Waals surface area contributed by atoms with E-state index in [0.717, 1.165) is 11.1 Å². The Morgan fingerprint density at radius 2 is 1.85 bits per heavy atom. The lowest BCUT2D eigenvalue weighted by molar-refractivity contribution is 0.0950.